The summed E-state index contributed by atoms with van der Waals surface area (Å²) >= 11 is 0. The maximum atomic E-state index is 9.89. The Labute approximate surface area is 177 Å². The van der Waals surface area contributed by atoms with Crippen molar-refractivity contribution >= 4 is 15.9 Å². The molecule has 0 rings (SSSR count). The fourth-order valence-corrected chi connectivity index (χ4v) is 2.76. The van der Waals surface area contributed by atoms with E-state index in [0.29, 0.717) is 19.6 Å². The SMILES string of the molecule is C.C.C=CCOCC(CC)(CO)CC(O)C=C.C[P+](=O)OP(=O)(O)O.[Zr]. The van der Waals surface area contributed by atoms with Gasteiger partial charge in [-0.3, -0.25) is 0 Å². The first-order valence-corrected chi connectivity index (χ1v) is 9.97. The van der Waals surface area contributed by atoms with Gasteiger partial charge in [0.15, 0.2) is 6.66 Å². The third-order valence-electron chi connectivity index (χ3n) is 2.86. The molecule has 0 aromatic rings. The van der Waals surface area contributed by atoms with Crippen LogP contribution in [0.2, 0.25) is 0 Å². The average molecular weight is 497 g/mol. The summed E-state index contributed by atoms with van der Waals surface area (Å²) in [6, 6.07) is 0. The van der Waals surface area contributed by atoms with Crippen LogP contribution in [-0.2, 0) is 44.4 Å². The van der Waals surface area contributed by atoms with Gasteiger partial charge in [-0.05, 0) is 21.7 Å². The summed E-state index contributed by atoms with van der Waals surface area (Å²) in [5.41, 5.74) is -0.378. The number of hydrogen-bond donors (Lipinski definition) is 4. The van der Waals surface area contributed by atoms with E-state index in [4.69, 9.17) is 14.5 Å². The molecule has 0 saturated carbocycles. The molecule has 3 unspecified atom stereocenters. The van der Waals surface area contributed by atoms with Crippen LogP contribution in [0.5, 0.6) is 0 Å². The summed E-state index contributed by atoms with van der Waals surface area (Å²) in [6.07, 6.45) is 3.78. The average Bonchev–Trinajstić information content (AvgIpc) is 2.44. The van der Waals surface area contributed by atoms with Crippen molar-refractivity contribution in [3.05, 3.63) is 25.3 Å². The van der Waals surface area contributed by atoms with Crippen LogP contribution < -0.4 is 0 Å². The zero-order valence-corrected chi connectivity index (χ0v) is 18.2. The Hall–Kier alpha value is 0.453. The molecule has 156 valence electrons. The van der Waals surface area contributed by atoms with Gasteiger partial charge in [0.1, 0.15) is 0 Å². The second-order valence-corrected chi connectivity index (χ2v) is 7.35. The predicted molar refractivity (Wildman–Crippen MR) is 102 cm³/mol. The Morgan fingerprint density at radius 2 is 1.81 bits per heavy atom. The summed E-state index contributed by atoms with van der Waals surface area (Å²) in [4.78, 5) is 15.8. The van der Waals surface area contributed by atoms with Crippen LogP contribution >= 0.6 is 15.9 Å². The fraction of sp³-hybridized carbons (Fsp3) is 0.733. The van der Waals surface area contributed by atoms with Gasteiger partial charge in [-0.15, -0.1) is 13.2 Å². The molecule has 3 atom stereocenters. The van der Waals surface area contributed by atoms with Crippen LogP contribution in [0.3, 0.4) is 0 Å². The van der Waals surface area contributed by atoms with Crippen LogP contribution in [0.4, 0.5) is 0 Å². The molecule has 0 spiro atoms. The third-order valence-corrected chi connectivity index (χ3v) is 4.64. The maximum Gasteiger partial charge on any atom is 0.515 e. The first-order chi connectivity index (χ1) is 10.6. The number of aliphatic hydroxyl groups excluding tert-OH is 2. The number of phosphoric acid groups is 1. The molecule has 0 fully saturated rings. The van der Waals surface area contributed by atoms with E-state index in [-0.39, 0.29) is 53.1 Å². The molecule has 0 radical (unpaired) electrons. The van der Waals surface area contributed by atoms with E-state index < -0.39 is 22.0 Å². The maximum absolute atomic E-state index is 9.89. The van der Waals surface area contributed by atoms with Gasteiger partial charge in [-0.2, -0.15) is 0 Å². The van der Waals surface area contributed by atoms with E-state index in [9.17, 15) is 19.3 Å². The van der Waals surface area contributed by atoms with Crippen LogP contribution in [0.15, 0.2) is 25.3 Å². The van der Waals surface area contributed by atoms with Gasteiger partial charge in [-0.25, -0.2) is 4.57 Å². The van der Waals surface area contributed by atoms with Gasteiger partial charge in [0.05, 0.1) is 25.9 Å². The fourth-order valence-electron chi connectivity index (χ4n) is 1.56. The largest absolute Gasteiger partial charge is 0.515 e. The van der Waals surface area contributed by atoms with E-state index in [1.807, 2.05) is 6.92 Å². The Kier molecular flexibility index (Phi) is 28.9. The minimum absolute atomic E-state index is 0. The van der Waals surface area contributed by atoms with E-state index in [0.717, 1.165) is 13.1 Å². The molecule has 11 heteroatoms. The molecule has 0 aromatic heterocycles. The van der Waals surface area contributed by atoms with Crippen molar-refractivity contribution < 1.29 is 64.4 Å². The smallest absolute Gasteiger partial charge is 0.396 e. The molecule has 4 N–H and O–H groups in total. The van der Waals surface area contributed by atoms with Crippen LogP contribution in [0.25, 0.3) is 0 Å². The van der Waals surface area contributed by atoms with Gasteiger partial charge in [0.25, 0.3) is 0 Å². The summed E-state index contributed by atoms with van der Waals surface area (Å²) in [7, 11) is -6.71. The van der Waals surface area contributed by atoms with Crippen molar-refractivity contribution in [3.63, 3.8) is 0 Å². The first-order valence-electron chi connectivity index (χ1n) is 6.82. The Balaban J connectivity index is -0.000000116. The van der Waals surface area contributed by atoms with Gasteiger partial charge < -0.3 is 24.7 Å². The summed E-state index contributed by atoms with van der Waals surface area (Å²) < 4.78 is 28.6. The van der Waals surface area contributed by atoms with Gasteiger partial charge in [-0.1, -0.05) is 33.9 Å². The van der Waals surface area contributed by atoms with Crippen molar-refractivity contribution in [1.29, 1.82) is 0 Å². The molecule has 0 aliphatic rings. The summed E-state index contributed by atoms with van der Waals surface area (Å²) in [5.74, 6) is 0. The number of ether oxygens (including phenoxy) is 1. The molecule has 8 nitrogen and oxygen atoms in total. The van der Waals surface area contributed by atoms with Crippen molar-refractivity contribution in [3.8, 4) is 0 Å². The van der Waals surface area contributed by atoms with Crippen molar-refractivity contribution in [2.45, 2.75) is 40.7 Å². The van der Waals surface area contributed by atoms with Gasteiger partial charge in [0, 0.05) is 31.6 Å². The molecular weight excluding hydrogens is 461 g/mol. The first kappa shape index (κ1) is 37.2. The molecule has 0 heterocycles. The van der Waals surface area contributed by atoms with E-state index >= 15 is 0 Å². The molecule has 0 amide bonds. The standard InChI is InChI=1S/C12H22O3.CH4O5P2.2CH4.Zr/c1-4-7-15-10-12(6-3,9-13)8-11(14)5-2;1-7(2)6-8(3,4)5;;;/h4-5,11,13-14H,1-2,6-10H2,3H3;1H3,(H-,3,4,5);2*1H4;/p+1. The second kappa shape index (κ2) is 20.2. The van der Waals surface area contributed by atoms with Crippen molar-refractivity contribution in [2.24, 2.45) is 5.41 Å². The van der Waals surface area contributed by atoms with E-state index in [1.54, 1.807) is 6.08 Å². The van der Waals surface area contributed by atoms with Crippen molar-refractivity contribution in [2.75, 3.05) is 26.5 Å². The molecule has 0 bridgehead atoms. The minimum Gasteiger partial charge on any atom is -0.396 e. The van der Waals surface area contributed by atoms with Gasteiger partial charge >= 0.3 is 15.9 Å². The predicted octanol–water partition coefficient (Wildman–Crippen LogP) is 3.25. The molecule has 0 saturated heterocycles. The monoisotopic (exact) mass is 495 g/mol. The normalized spacial score (nSPS) is 13.8. The van der Waals surface area contributed by atoms with E-state index in [2.05, 4.69) is 17.5 Å². The van der Waals surface area contributed by atoms with E-state index in [1.165, 1.54) is 6.08 Å². The Morgan fingerprint density at radius 3 is 2.04 bits per heavy atom. The van der Waals surface area contributed by atoms with Crippen LogP contribution in [0.1, 0.15) is 34.6 Å². The third kappa shape index (κ3) is 22.5. The quantitative estimate of drug-likeness (QED) is 0.195. The molecule has 26 heavy (non-hydrogen) atoms. The molecular formula is C15H35O8P2Zr+. The number of aliphatic hydroxyl groups is 2. The summed E-state index contributed by atoms with van der Waals surface area (Å²) in [6.45, 7) is 11.0. The molecule has 0 aromatic carbocycles. The minimum atomic E-state index is -4.51. The zero-order chi connectivity index (χ0) is 18.5. The van der Waals surface area contributed by atoms with Crippen LogP contribution in [-0.4, -0.2) is 52.6 Å². The van der Waals surface area contributed by atoms with Crippen molar-refractivity contribution in [1.82, 2.24) is 0 Å². The Bertz CT molecular complexity index is 410. The van der Waals surface area contributed by atoms with Gasteiger partial charge in [0.2, 0.25) is 0 Å². The topological polar surface area (TPSA) is 134 Å². The zero-order valence-electron chi connectivity index (χ0n) is 14.0. The number of hydrogen-bond acceptors (Lipinski definition) is 6. The number of rotatable bonds is 11. The Morgan fingerprint density at radius 1 is 1.31 bits per heavy atom. The molecule has 0 aliphatic heterocycles. The van der Waals surface area contributed by atoms with Crippen LogP contribution in [0, 0.1) is 5.41 Å². The molecule has 0 aliphatic carbocycles. The summed E-state index contributed by atoms with van der Waals surface area (Å²) in [5, 5.41) is 18.9. The second-order valence-electron chi connectivity index (χ2n) is 4.83.